The molecule has 0 bridgehead atoms. The van der Waals surface area contributed by atoms with Gasteiger partial charge < -0.3 is 10.6 Å². The first kappa shape index (κ1) is 17.1. The van der Waals surface area contributed by atoms with E-state index < -0.39 is 9.84 Å². The van der Waals surface area contributed by atoms with Crippen molar-refractivity contribution in [1.29, 1.82) is 0 Å². The minimum atomic E-state index is -2.81. The first-order valence-electron chi connectivity index (χ1n) is 8.44. The number of carbonyl (C=O) groups excluding carboxylic acids is 1. The van der Waals surface area contributed by atoms with E-state index in [-0.39, 0.29) is 11.9 Å². The fourth-order valence-corrected chi connectivity index (χ4v) is 4.94. The number of nitrogens with one attached hydrogen (secondary N) is 2. The Morgan fingerprint density at radius 2 is 1.96 bits per heavy atom. The summed E-state index contributed by atoms with van der Waals surface area (Å²) in [5, 5.41) is 6.23. The van der Waals surface area contributed by atoms with E-state index in [4.69, 9.17) is 0 Å². The van der Waals surface area contributed by atoms with E-state index in [1.165, 1.54) is 6.92 Å². The predicted molar refractivity (Wildman–Crippen MR) is 91.5 cm³/mol. The fourth-order valence-electron chi connectivity index (χ4n) is 3.35. The molecule has 0 aromatic carbocycles. The van der Waals surface area contributed by atoms with Gasteiger partial charge in [-0.3, -0.25) is 4.79 Å². The average Bonchev–Trinajstić information content (AvgIpc) is 2.49. The molecule has 2 aliphatic rings. The summed E-state index contributed by atoms with van der Waals surface area (Å²) >= 11 is 0. The third-order valence-electron chi connectivity index (χ3n) is 4.90. The Morgan fingerprint density at radius 3 is 2.62 bits per heavy atom. The minimum Gasteiger partial charge on any atom is -0.370 e. The Kier molecular flexibility index (Phi) is 5.03. The van der Waals surface area contributed by atoms with Crippen LogP contribution in [0, 0.1) is 5.92 Å². The summed E-state index contributed by atoms with van der Waals surface area (Å²) in [4.78, 5) is 19.6. The number of nitrogens with zero attached hydrogens (tertiary/aromatic N) is 2. The number of amides is 1. The molecular formula is C16H24N4O3S. The average molecular weight is 352 g/mol. The third-order valence-corrected chi connectivity index (χ3v) is 6.61. The van der Waals surface area contributed by atoms with Crippen LogP contribution in [0.25, 0.3) is 0 Å². The van der Waals surface area contributed by atoms with E-state index in [1.807, 2.05) is 6.07 Å². The summed E-state index contributed by atoms with van der Waals surface area (Å²) in [7, 11) is -2.81. The number of aromatic nitrogens is 2. The maximum atomic E-state index is 11.5. The van der Waals surface area contributed by atoms with Gasteiger partial charge in [-0.25, -0.2) is 18.4 Å². The number of anilines is 1. The molecule has 0 radical (unpaired) electrons. The topological polar surface area (TPSA) is 101 Å². The van der Waals surface area contributed by atoms with Gasteiger partial charge in [0.15, 0.2) is 0 Å². The smallest absolute Gasteiger partial charge is 0.217 e. The molecule has 0 atom stereocenters. The van der Waals surface area contributed by atoms with Crippen LogP contribution in [0.1, 0.15) is 44.2 Å². The highest BCUT2D eigenvalue weighted by molar-refractivity contribution is 7.91. The molecule has 3 rings (SSSR count). The van der Waals surface area contributed by atoms with Crippen LogP contribution in [-0.4, -0.2) is 48.4 Å². The predicted octanol–water partition coefficient (Wildman–Crippen LogP) is 1.10. The highest BCUT2D eigenvalue weighted by Crippen LogP contribution is 2.36. The largest absolute Gasteiger partial charge is 0.370 e. The number of sulfone groups is 1. The van der Waals surface area contributed by atoms with Crippen molar-refractivity contribution < 1.29 is 13.2 Å². The van der Waals surface area contributed by atoms with Crippen molar-refractivity contribution >= 4 is 21.6 Å². The molecule has 0 spiro atoms. The van der Waals surface area contributed by atoms with Crippen molar-refractivity contribution in [3.8, 4) is 0 Å². The molecular weight excluding hydrogens is 328 g/mol. The molecule has 0 unspecified atom stereocenters. The van der Waals surface area contributed by atoms with Crippen molar-refractivity contribution in [2.24, 2.45) is 5.92 Å². The zero-order valence-electron chi connectivity index (χ0n) is 13.9. The first-order chi connectivity index (χ1) is 11.4. The minimum absolute atomic E-state index is 0.0120. The molecule has 8 heteroatoms. The Balaban J connectivity index is 1.49. The van der Waals surface area contributed by atoms with Crippen LogP contribution in [0.15, 0.2) is 12.4 Å². The zero-order valence-corrected chi connectivity index (χ0v) is 14.7. The van der Waals surface area contributed by atoms with Crippen LogP contribution in [0.3, 0.4) is 0 Å². The molecule has 1 aromatic heterocycles. The lowest BCUT2D eigenvalue weighted by Gasteiger charge is -2.35. The Morgan fingerprint density at radius 1 is 1.25 bits per heavy atom. The van der Waals surface area contributed by atoms with Gasteiger partial charge in [0.25, 0.3) is 0 Å². The van der Waals surface area contributed by atoms with Gasteiger partial charge in [-0.1, -0.05) is 0 Å². The highest BCUT2D eigenvalue weighted by Gasteiger charge is 2.32. The fraction of sp³-hybridized carbons (Fsp3) is 0.688. The maximum absolute atomic E-state index is 11.5. The Hall–Kier alpha value is -1.70. The second kappa shape index (κ2) is 7.04. The molecule has 1 saturated heterocycles. The van der Waals surface area contributed by atoms with Gasteiger partial charge in [0.05, 0.1) is 11.5 Å². The summed E-state index contributed by atoms with van der Waals surface area (Å²) in [6.45, 7) is 2.28. The molecule has 1 aromatic rings. The van der Waals surface area contributed by atoms with Crippen molar-refractivity contribution in [3.63, 3.8) is 0 Å². The normalized spacial score (nSPS) is 26.4. The van der Waals surface area contributed by atoms with Crippen LogP contribution >= 0.6 is 0 Å². The lowest BCUT2D eigenvalue weighted by molar-refractivity contribution is -0.120. The zero-order chi connectivity index (χ0) is 17.2. The molecule has 1 aliphatic carbocycles. The van der Waals surface area contributed by atoms with Gasteiger partial charge in [0.2, 0.25) is 5.91 Å². The third kappa shape index (κ3) is 4.43. The molecule has 1 aliphatic heterocycles. The van der Waals surface area contributed by atoms with Gasteiger partial charge in [-0.05, 0) is 31.6 Å². The quantitative estimate of drug-likeness (QED) is 0.823. The van der Waals surface area contributed by atoms with Gasteiger partial charge >= 0.3 is 0 Å². The molecule has 2 heterocycles. The van der Waals surface area contributed by atoms with E-state index in [0.29, 0.717) is 36.2 Å². The summed E-state index contributed by atoms with van der Waals surface area (Å²) in [5.41, 5.74) is 1.00. The Bertz CT molecular complexity index is 687. The van der Waals surface area contributed by atoms with E-state index >= 15 is 0 Å². The maximum Gasteiger partial charge on any atom is 0.217 e. The van der Waals surface area contributed by atoms with Gasteiger partial charge in [-0.2, -0.15) is 0 Å². The van der Waals surface area contributed by atoms with E-state index in [2.05, 4.69) is 20.6 Å². The Labute approximate surface area is 142 Å². The van der Waals surface area contributed by atoms with Crippen LogP contribution in [0.5, 0.6) is 0 Å². The van der Waals surface area contributed by atoms with Crippen molar-refractivity contribution in [3.05, 3.63) is 18.1 Å². The molecule has 2 fully saturated rings. The van der Waals surface area contributed by atoms with Gasteiger partial charge in [0.1, 0.15) is 22.0 Å². The van der Waals surface area contributed by atoms with E-state index in [9.17, 15) is 13.2 Å². The first-order valence-corrected chi connectivity index (χ1v) is 10.3. The second-order valence-electron chi connectivity index (χ2n) is 6.87. The highest BCUT2D eigenvalue weighted by atomic mass is 32.2. The summed E-state index contributed by atoms with van der Waals surface area (Å²) in [5.74, 6) is 2.13. The summed E-state index contributed by atoms with van der Waals surface area (Å²) < 4.78 is 22.9. The monoisotopic (exact) mass is 352 g/mol. The van der Waals surface area contributed by atoms with Crippen LogP contribution in [0.4, 0.5) is 5.82 Å². The number of hydrogen-bond acceptors (Lipinski definition) is 6. The molecule has 24 heavy (non-hydrogen) atoms. The number of rotatable bonds is 5. The molecule has 132 valence electrons. The van der Waals surface area contributed by atoms with Crippen LogP contribution in [0.2, 0.25) is 0 Å². The van der Waals surface area contributed by atoms with Crippen LogP contribution in [-0.2, 0) is 14.6 Å². The van der Waals surface area contributed by atoms with Gasteiger partial charge in [0, 0.05) is 37.2 Å². The lowest BCUT2D eigenvalue weighted by atomic mass is 9.78. The van der Waals surface area contributed by atoms with Gasteiger partial charge in [-0.15, -0.1) is 0 Å². The molecule has 2 N–H and O–H groups in total. The molecule has 7 nitrogen and oxygen atoms in total. The molecule has 1 saturated carbocycles. The lowest BCUT2D eigenvalue weighted by Crippen LogP contribution is -2.42. The second-order valence-corrected chi connectivity index (χ2v) is 9.17. The van der Waals surface area contributed by atoms with Crippen molar-refractivity contribution in [2.75, 3.05) is 23.4 Å². The van der Waals surface area contributed by atoms with Crippen LogP contribution < -0.4 is 10.6 Å². The number of carbonyl (C=O) groups is 1. The SMILES string of the molecule is CC(=O)NC1CC(c2cc(NCC3CCS(=O)(=O)CC3)ncn2)C1. The van der Waals surface area contributed by atoms with E-state index in [0.717, 1.165) is 30.9 Å². The molecule has 1 amide bonds. The standard InChI is InChI=1S/C16H24N4O3S/c1-11(21)20-14-6-13(7-14)15-8-16(19-10-18-15)17-9-12-2-4-24(22,23)5-3-12/h8,10,12-14H,2-7,9H2,1H3,(H,20,21)(H,17,18,19). The van der Waals surface area contributed by atoms with Crippen molar-refractivity contribution in [2.45, 2.75) is 44.6 Å². The summed E-state index contributed by atoms with van der Waals surface area (Å²) in [6.07, 6.45) is 4.82. The van der Waals surface area contributed by atoms with E-state index in [1.54, 1.807) is 6.33 Å². The summed E-state index contributed by atoms with van der Waals surface area (Å²) in [6, 6.07) is 2.22. The van der Waals surface area contributed by atoms with Crippen molar-refractivity contribution in [1.82, 2.24) is 15.3 Å². The number of hydrogen-bond donors (Lipinski definition) is 2.